The van der Waals surface area contributed by atoms with Gasteiger partial charge in [0.25, 0.3) is 0 Å². The number of carbonyl (C=O) groups excluding carboxylic acids is 2. The van der Waals surface area contributed by atoms with Gasteiger partial charge in [0.15, 0.2) is 0 Å². The Kier molecular flexibility index (Phi) is 4.72. The number of nitroso groups, excluding NO2 is 1. The first kappa shape index (κ1) is 13.0. The minimum atomic E-state index is -0.680. The van der Waals surface area contributed by atoms with E-state index < -0.39 is 12.0 Å². The predicted molar refractivity (Wildman–Crippen MR) is 59.6 cm³/mol. The number of rotatable bonds is 4. The third-order valence-corrected chi connectivity index (χ3v) is 3.30. The van der Waals surface area contributed by atoms with Gasteiger partial charge in [0.2, 0.25) is 5.91 Å². The number of ether oxygens (including phenoxy) is 1. The van der Waals surface area contributed by atoms with Gasteiger partial charge in [-0.15, -0.1) is 4.91 Å². The Morgan fingerprint density at radius 3 is 2.75 bits per heavy atom. The Hall–Kier alpha value is -1.11. The Balaban J connectivity index is 2.79. The molecule has 1 amide bonds. The highest BCUT2D eigenvalue weighted by atomic mass is 32.2. The van der Waals surface area contributed by atoms with Crippen molar-refractivity contribution in [3.63, 3.8) is 0 Å². The zero-order valence-electron chi connectivity index (χ0n) is 9.21. The molecule has 0 bridgehead atoms. The summed E-state index contributed by atoms with van der Waals surface area (Å²) in [6.07, 6.45) is 0.583. The van der Waals surface area contributed by atoms with Gasteiger partial charge in [0.1, 0.15) is 6.04 Å². The summed E-state index contributed by atoms with van der Waals surface area (Å²) in [7, 11) is 0. The van der Waals surface area contributed by atoms with Gasteiger partial charge in [-0.05, 0) is 13.3 Å². The molecule has 0 N–H and O–H groups in total. The molecule has 16 heavy (non-hydrogen) atoms. The lowest BCUT2D eigenvalue weighted by atomic mass is 10.2. The van der Waals surface area contributed by atoms with Gasteiger partial charge < -0.3 is 9.64 Å². The maximum Gasteiger partial charge on any atom is 0.330 e. The topological polar surface area (TPSA) is 76.0 Å². The van der Waals surface area contributed by atoms with Crippen molar-refractivity contribution >= 4 is 23.8 Å². The molecule has 1 rings (SSSR count). The van der Waals surface area contributed by atoms with Gasteiger partial charge in [-0.1, -0.05) is 0 Å². The number of hydrogen-bond acceptors (Lipinski definition) is 6. The molecule has 1 aliphatic heterocycles. The Morgan fingerprint density at radius 1 is 1.56 bits per heavy atom. The Labute approximate surface area is 97.8 Å². The maximum absolute atomic E-state index is 11.7. The predicted octanol–water partition coefficient (Wildman–Crippen LogP) is 0.954. The summed E-state index contributed by atoms with van der Waals surface area (Å²) in [5, 5.41) is -0.291. The smallest absolute Gasteiger partial charge is 0.330 e. The van der Waals surface area contributed by atoms with Crippen LogP contribution in [0.4, 0.5) is 0 Å². The van der Waals surface area contributed by atoms with Crippen LogP contribution in [-0.4, -0.2) is 41.2 Å². The summed E-state index contributed by atoms with van der Waals surface area (Å²) in [5.41, 5.74) is 0. The van der Waals surface area contributed by atoms with Crippen molar-refractivity contribution in [3.05, 3.63) is 4.91 Å². The summed E-state index contributed by atoms with van der Waals surface area (Å²) in [6.45, 7) is 3.82. The van der Waals surface area contributed by atoms with E-state index in [4.69, 9.17) is 4.74 Å². The molecule has 0 spiro atoms. The normalized spacial score (nSPS) is 24.2. The summed E-state index contributed by atoms with van der Waals surface area (Å²) in [6, 6.07) is -0.680. The first-order chi connectivity index (χ1) is 7.61. The van der Waals surface area contributed by atoms with Crippen LogP contribution in [0.2, 0.25) is 0 Å². The Bertz CT molecular complexity index is 297. The van der Waals surface area contributed by atoms with E-state index in [1.165, 1.54) is 11.8 Å². The summed E-state index contributed by atoms with van der Waals surface area (Å²) >= 11 is 0.797. The van der Waals surface area contributed by atoms with Gasteiger partial charge >= 0.3 is 5.97 Å². The van der Waals surface area contributed by atoms with E-state index in [1.807, 2.05) is 0 Å². The zero-order valence-corrected chi connectivity index (χ0v) is 10.0. The quantitative estimate of drug-likeness (QED) is 0.419. The van der Waals surface area contributed by atoms with Crippen LogP contribution in [0.3, 0.4) is 0 Å². The number of nitrogens with zero attached hydrogens (tertiary/aromatic N) is 2. The van der Waals surface area contributed by atoms with E-state index in [-0.39, 0.29) is 17.8 Å². The van der Waals surface area contributed by atoms with E-state index in [1.54, 1.807) is 6.92 Å². The molecule has 1 fully saturated rings. The van der Waals surface area contributed by atoms with E-state index in [0.29, 0.717) is 13.0 Å². The third kappa shape index (κ3) is 2.72. The number of likely N-dealkylation sites (tertiary alicyclic amines) is 1. The number of hydrogen-bond donors (Lipinski definition) is 0. The van der Waals surface area contributed by atoms with Crippen molar-refractivity contribution < 1.29 is 14.3 Å². The largest absolute Gasteiger partial charge is 0.464 e. The molecular formula is C9H14N2O4S. The van der Waals surface area contributed by atoms with E-state index in [9.17, 15) is 14.5 Å². The average molecular weight is 246 g/mol. The van der Waals surface area contributed by atoms with Gasteiger partial charge in [0.05, 0.1) is 11.9 Å². The highest BCUT2D eigenvalue weighted by Crippen LogP contribution is 2.30. The highest BCUT2D eigenvalue weighted by molar-refractivity contribution is 7.98. The van der Waals surface area contributed by atoms with Crippen molar-refractivity contribution in [2.75, 3.05) is 13.2 Å². The maximum atomic E-state index is 11.7. The highest BCUT2D eigenvalue weighted by Gasteiger charge is 2.42. The molecule has 1 aliphatic rings. The molecule has 0 unspecified atom stereocenters. The standard InChI is InChI=1S/C9H14N2O4S/c1-3-15-9(13)8-7(16-10-14)4-5-11(8)6(2)12/h7-8H,3-5H2,1-2H3/t7-,8+/m0/s1. The van der Waals surface area contributed by atoms with Crippen molar-refractivity contribution in [2.45, 2.75) is 31.6 Å². The molecule has 0 aromatic carbocycles. The first-order valence-corrected chi connectivity index (χ1v) is 5.87. The molecule has 0 saturated carbocycles. The Morgan fingerprint density at radius 2 is 2.25 bits per heavy atom. The second-order valence-corrected chi connectivity index (χ2v) is 4.38. The van der Waals surface area contributed by atoms with Crippen molar-refractivity contribution in [1.82, 2.24) is 4.90 Å². The minimum Gasteiger partial charge on any atom is -0.464 e. The summed E-state index contributed by atoms with van der Waals surface area (Å²) in [5.74, 6) is -0.650. The van der Waals surface area contributed by atoms with E-state index >= 15 is 0 Å². The molecule has 0 radical (unpaired) electrons. The van der Waals surface area contributed by atoms with Crippen LogP contribution < -0.4 is 0 Å². The third-order valence-electron chi connectivity index (χ3n) is 2.45. The van der Waals surface area contributed by atoms with Crippen LogP contribution in [0.25, 0.3) is 0 Å². The van der Waals surface area contributed by atoms with E-state index in [0.717, 1.165) is 11.9 Å². The van der Waals surface area contributed by atoms with Gasteiger partial charge in [-0.25, -0.2) is 4.79 Å². The number of esters is 1. The fourth-order valence-electron chi connectivity index (χ4n) is 1.79. The monoisotopic (exact) mass is 246 g/mol. The molecule has 0 aromatic heterocycles. The number of carbonyl (C=O) groups is 2. The van der Waals surface area contributed by atoms with Gasteiger partial charge in [0, 0.05) is 30.0 Å². The average Bonchev–Trinajstić information content (AvgIpc) is 2.62. The van der Waals surface area contributed by atoms with Crippen LogP contribution in [0.15, 0.2) is 4.58 Å². The first-order valence-electron chi connectivity index (χ1n) is 5.04. The minimum absolute atomic E-state index is 0.188. The molecule has 0 aromatic rings. The van der Waals surface area contributed by atoms with Crippen LogP contribution in [-0.2, 0) is 14.3 Å². The van der Waals surface area contributed by atoms with Gasteiger partial charge in [-0.3, -0.25) is 4.79 Å². The fourth-order valence-corrected chi connectivity index (χ4v) is 2.48. The zero-order chi connectivity index (χ0) is 12.1. The van der Waals surface area contributed by atoms with Crippen molar-refractivity contribution in [3.8, 4) is 0 Å². The second kappa shape index (κ2) is 5.83. The van der Waals surface area contributed by atoms with Crippen LogP contribution in [0.1, 0.15) is 20.3 Å². The lowest BCUT2D eigenvalue weighted by molar-refractivity contribution is -0.152. The summed E-state index contributed by atoms with van der Waals surface area (Å²) in [4.78, 5) is 34.6. The molecule has 1 heterocycles. The molecule has 0 aliphatic carbocycles. The lowest BCUT2D eigenvalue weighted by Gasteiger charge is -2.23. The van der Waals surface area contributed by atoms with Crippen molar-refractivity contribution in [2.24, 2.45) is 4.58 Å². The molecule has 7 heteroatoms. The van der Waals surface area contributed by atoms with Crippen molar-refractivity contribution in [1.29, 1.82) is 0 Å². The lowest BCUT2D eigenvalue weighted by Crippen LogP contribution is -2.44. The second-order valence-electron chi connectivity index (χ2n) is 3.42. The summed E-state index contributed by atoms with van der Waals surface area (Å²) < 4.78 is 7.62. The van der Waals surface area contributed by atoms with Crippen LogP contribution in [0, 0.1) is 4.91 Å². The molecule has 6 nitrogen and oxygen atoms in total. The number of amides is 1. The molecule has 90 valence electrons. The molecule has 2 atom stereocenters. The fraction of sp³-hybridized carbons (Fsp3) is 0.778. The van der Waals surface area contributed by atoms with E-state index in [2.05, 4.69) is 4.58 Å². The van der Waals surface area contributed by atoms with Gasteiger partial charge in [-0.2, -0.15) is 0 Å². The van der Waals surface area contributed by atoms with Crippen LogP contribution >= 0.6 is 11.9 Å². The molecular weight excluding hydrogens is 232 g/mol. The molecule has 1 saturated heterocycles. The van der Waals surface area contributed by atoms with Crippen LogP contribution in [0.5, 0.6) is 0 Å². The SMILES string of the molecule is CCOC(=O)[C@H]1[C@@H](SN=O)CCN1C(C)=O.